The van der Waals surface area contributed by atoms with Crippen LogP contribution in [0.4, 0.5) is 0 Å². The minimum absolute atomic E-state index is 0.0101. The molecular weight excluding hydrogens is 292 g/mol. The summed E-state index contributed by atoms with van der Waals surface area (Å²) in [5.41, 5.74) is 0.590. The summed E-state index contributed by atoms with van der Waals surface area (Å²) >= 11 is 5.98. The van der Waals surface area contributed by atoms with Crippen LogP contribution in [0, 0.1) is 5.92 Å². The minimum Gasteiger partial charge on any atom is -0.354 e. The number of nitrogens with one attached hydrogen (secondary N) is 1. The quantitative estimate of drug-likeness (QED) is 0.863. The maximum Gasteiger partial charge on any atom is 0.263 e. The van der Waals surface area contributed by atoms with E-state index in [-0.39, 0.29) is 41.4 Å². The van der Waals surface area contributed by atoms with Gasteiger partial charge in [-0.3, -0.25) is 19.3 Å². The summed E-state index contributed by atoms with van der Waals surface area (Å²) in [6, 6.07) is 4.83. The summed E-state index contributed by atoms with van der Waals surface area (Å²) in [5.74, 6) is -0.633. The second-order valence-electron chi connectivity index (χ2n) is 5.34. The van der Waals surface area contributed by atoms with E-state index in [4.69, 9.17) is 11.6 Å². The van der Waals surface area contributed by atoms with Gasteiger partial charge < -0.3 is 5.32 Å². The van der Waals surface area contributed by atoms with Crippen LogP contribution >= 0.6 is 11.6 Å². The van der Waals surface area contributed by atoms with Gasteiger partial charge in [-0.05, 0) is 25.0 Å². The van der Waals surface area contributed by atoms with Gasteiger partial charge in [-0.1, -0.05) is 24.1 Å². The number of carbonyl (C=O) groups is 3. The van der Waals surface area contributed by atoms with Crippen LogP contribution in [0.15, 0.2) is 18.2 Å². The van der Waals surface area contributed by atoms with Crippen molar-refractivity contribution in [1.29, 1.82) is 0 Å². The van der Waals surface area contributed by atoms with E-state index in [0.29, 0.717) is 5.56 Å². The summed E-state index contributed by atoms with van der Waals surface area (Å²) in [6.45, 7) is 0.444. The number of fused-ring (bicyclic) bond motifs is 1. The van der Waals surface area contributed by atoms with E-state index >= 15 is 0 Å². The molecule has 0 bridgehead atoms. The molecule has 0 saturated heterocycles. The second kappa shape index (κ2) is 5.48. The maximum atomic E-state index is 12.2. The fraction of sp³-hybridized carbons (Fsp3) is 0.400. The van der Waals surface area contributed by atoms with Gasteiger partial charge in [0.05, 0.1) is 16.1 Å². The number of hydrogen-bond acceptors (Lipinski definition) is 3. The number of carbonyl (C=O) groups excluding carboxylic acids is 3. The fourth-order valence-electron chi connectivity index (χ4n) is 2.60. The SMILES string of the molecule is O=C(NCCN1C(=O)c2cccc(Cl)c2C1=O)C1CCC1. The first-order valence-corrected chi connectivity index (χ1v) is 7.40. The molecule has 1 aliphatic heterocycles. The summed E-state index contributed by atoms with van der Waals surface area (Å²) < 4.78 is 0. The molecule has 3 amide bonds. The molecule has 21 heavy (non-hydrogen) atoms. The summed E-state index contributed by atoms with van der Waals surface area (Å²) in [7, 11) is 0. The molecule has 1 N–H and O–H groups in total. The lowest BCUT2D eigenvalue weighted by atomic mass is 9.85. The van der Waals surface area contributed by atoms with Crippen molar-refractivity contribution in [2.45, 2.75) is 19.3 Å². The van der Waals surface area contributed by atoms with Crippen LogP contribution in [0.25, 0.3) is 0 Å². The van der Waals surface area contributed by atoms with Crippen molar-refractivity contribution in [3.8, 4) is 0 Å². The van der Waals surface area contributed by atoms with Gasteiger partial charge in [-0.2, -0.15) is 0 Å². The van der Waals surface area contributed by atoms with Crippen LogP contribution in [0.2, 0.25) is 5.02 Å². The molecular formula is C15H15ClN2O3. The van der Waals surface area contributed by atoms with E-state index in [1.165, 1.54) is 0 Å². The third-order valence-electron chi connectivity index (χ3n) is 4.06. The topological polar surface area (TPSA) is 66.5 Å². The van der Waals surface area contributed by atoms with E-state index in [0.717, 1.165) is 24.2 Å². The number of benzene rings is 1. The Morgan fingerprint density at radius 2 is 2.05 bits per heavy atom. The van der Waals surface area contributed by atoms with Crippen LogP contribution in [-0.2, 0) is 4.79 Å². The lowest BCUT2D eigenvalue weighted by molar-refractivity contribution is -0.127. The molecule has 110 valence electrons. The molecule has 1 heterocycles. The Balaban J connectivity index is 1.62. The first kappa shape index (κ1) is 14.1. The molecule has 0 unspecified atom stereocenters. The molecule has 6 heteroatoms. The largest absolute Gasteiger partial charge is 0.354 e. The lowest BCUT2D eigenvalue weighted by Crippen LogP contribution is -2.41. The van der Waals surface area contributed by atoms with Gasteiger partial charge in [-0.15, -0.1) is 0 Å². The second-order valence-corrected chi connectivity index (χ2v) is 5.75. The summed E-state index contributed by atoms with van der Waals surface area (Å²) in [5, 5.41) is 3.06. The van der Waals surface area contributed by atoms with Gasteiger partial charge in [0.25, 0.3) is 11.8 Å². The van der Waals surface area contributed by atoms with Gasteiger partial charge >= 0.3 is 0 Å². The molecule has 0 radical (unpaired) electrons. The molecule has 0 aromatic heterocycles. The van der Waals surface area contributed by atoms with Crippen molar-refractivity contribution >= 4 is 29.3 Å². The Labute approximate surface area is 127 Å². The van der Waals surface area contributed by atoms with Crippen molar-refractivity contribution < 1.29 is 14.4 Å². The summed E-state index contributed by atoms with van der Waals surface area (Å²) in [4.78, 5) is 37.2. The highest BCUT2D eigenvalue weighted by Gasteiger charge is 2.36. The minimum atomic E-state index is -0.390. The highest BCUT2D eigenvalue weighted by molar-refractivity contribution is 6.37. The number of rotatable bonds is 4. The van der Waals surface area contributed by atoms with Crippen LogP contribution in [-0.4, -0.2) is 35.7 Å². The first-order chi connectivity index (χ1) is 10.1. The van der Waals surface area contributed by atoms with Crippen molar-refractivity contribution in [3.63, 3.8) is 0 Å². The lowest BCUT2D eigenvalue weighted by Gasteiger charge is -2.24. The third-order valence-corrected chi connectivity index (χ3v) is 4.37. The molecule has 1 saturated carbocycles. The number of halogens is 1. The Morgan fingerprint density at radius 1 is 1.29 bits per heavy atom. The molecule has 1 aromatic rings. The molecule has 1 aliphatic carbocycles. The zero-order valence-electron chi connectivity index (χ0n) is 11.4. The molecule has 0 atom stereocenters. The Kier molecular flexibility index (Phi) is 3.68. The average molecular weight is 307 g/mol. The van der Waals surface area contributed by atoms with E-state index in [1.54, 1.807) is 18.2 Å². The number of imide groups is 1. The predicted molar refractivity (Wildman–Crippen MR) is 77.2 cm³/mol. The third kappa shape index (κ3) is 2.42. The fourth-order valence-corrected chi connectivity index (χ4v) is 2.86. The molecule has 2 aliphatic rings. The van der Waals surface area contributed by atoms with Crippen LogP contribution in [0.5, 0.6) is 0 Å². The monoisotopic (exact) mass is 306 g/mol. The Morgan fingerprint density at radius 3 is 2.67 bits per heavy atom. The molecule has 1 aromatic carbocycles. The van der Waals surface area contributed by atoms with Crippen LogP contribution in [0.3, 0.4) is 0 Å². The number of hydrogen-bond donors (Lipinski definition) is 1. The van der Waals surface area contributed by atoms with Gasteiger partial charge in [0.1, 0.15) is 0 Å². The van der Waals surface area contributed by atoms with Crippen molar-refractivity contribution in [3.05, 3.63) is 34.3 Å². The maximum absolute atomic E-state index is 12.2. The highest BCUT2D eigenvalue weighted by Crippen LogP contribution is 2.29. The van der Waals surface area contributed by atoms with Crippen molar-refractivity contribution in [2.24, 2.45) is 5.92 Å². The average Bonchev–Trinajstić information content (AvgIpc) is 2.63. The number of nitrogens with zero attached hydrogens (tertiary/aromatic N) is 1. The van der Waals surface area contributed by atoms with E-state index < -0.39 is 5.91 Å². The van der Waals surface area contributed by atoms with Crippen molar-refractivity contribution in [1.82, 2.24) is 10.2 Å². The van der Waals surface area contributed by atoms with Crippen LogP contribution < -0.4 is 5.32 Å². The van der Waals surface area contributed by atoms with Gasteiger partial charge in [-0.25, -0.2) is 0 Å². The zero-order valence-corrected chi connectivity index (χ0v) is 12.2. The smallest absolute Gasteiger partial charge is 0.263 e. The zero-order chi connectivity index (χ0) is 15.0. The van der Waals surface area contributed by atoms with Crippen LogP contribution in [0.1, 0.15) is 40.0 Å². The first-order valence-electron chi connectivity index (χ1n) is 7.02. The molecule has 1 fully saturated rings. The summed E-state index contributed by atoms with van der Waals surface area (Å²) in [6.07, 6.45) is 2.94. The molecule has 0 spiro atoms. The van der Waals surface area contributed by atoms with Gasteiger partial charge in [0, 0.05) is 19.0 Å². The van der Waals surface area contributed by atoms with E-state index in [9.17, 15) is 14.4 Å². The standard InChI is InChI=1S/C15H15ClN2O3/c16-11-6-2-5-10-12(11)15(21)18(14(10)20)8-7-17-13(19)9-3-1-4-9/h2,5-6,9H,1,3-4,7-8H2,(H,17,19). The molecule has 3 rings (SSSR count). The van der Waals surface area contributed by atoms with Gasteiger partial charge in [0.15, 0.2) is 0 Å². The van der Waals surface area contributed by atoms with E-state index in [2.05, 4.69) is 5.32 Å². The number of amides is 3. The van der Waals surface area contributed by atoms with E-state index in [1.807, 2.05) is 0 Å². The highest BCUT2D eigenvalue weighted by atomic mass is 35.5. The Hall–Kier alpha value is -1.88. The van der Waals surface area contributed by atoms with Crippen molar-refractivity contribution in [2.75, 3.05) is 13.1 Å². The normalized spacial score (nSPS) is 17.7. The molecule has 5 nitrogen and oxygen atoms in total. The Bertz CT molecular complexity index is 625. The predicted octanol–water partition coefficient (Wildman–Crippen LogP) is 1.85. The van der Waals surface area contributed by atoms with Gasteiger partial charge in [0.2, 0.25) is 5.91 Å².